The van der Waals surface area contributed by atoms with Gasteiger partial charge >= 0.3 is 185 Å². The molecule has 0 aliphatic carbocycles. The fourth-order valence-corrected chi connectivity index (χ4v) is 17.4. The van der Waals surface area contributed by atoms with E-state index in [1.54, 1.807) is 0 Å². The van der Waals surface area contributed by atoms with Gasteiger partial charge in [0.2, 0.25) is 0 Å². The van der Waals surface area contributed by atoms with Crippen LogP contribution < -0.4 is 0 Å². The van der Waals surface area contributed by atoms with Crippen LogP contribution >= 0.6 is 0 Å². The van der Waals surface area contributed by atoms with E-state index in [0.717, 1.165) is 6.61 Å². The molecule has 0 aliphatic rings. The summed E-state index contributed by atoms with van der Waals surface area (Å²) in [6, 6.07) is 0. The van der Waals surface area contributed by atoms with Gasteiger partial charge in [0.05, 0.1) is 0 Å². The van der Waals surface area contributed by atoms with E-state index in [2.05, 4.69) is 27.7 Å². The third-order valence-corrected chi connectivity index (χ3v) is 19.8. The molecule has 0 unspecified atom stereocenters. The van der Waals surface area contributed by atoms with Crippen molar-refractivity contribution in [3.8, 4) is 0 Å². The van der Waals surface area contributed by atoms with Crippen molar-refractivity contribution in [1.29, 1.82) is 0 Å². The molecule has 0 fully saturated rings. The number of rotatable bonds is 23. The SMILES string of the molecule is CCCCCCC[CH2][Sn]([CH2]CCCCCCC)([CH2]CCCCCCC)[O]CC. The summed E-state index contributed by atoms with van der Waals surface area (Å²) in [4.78, 5) is 0. The van der Waals surface area contributed by atoms with Crippen LogP contribution in [0.15, 0.2) is 0 Å². The van der Waals surface area contributed by atoms with Crippen molar-refractivity contribution in [3.63, 3.8) is 0 Å². The van der Waals surface area contributed by atoms with Gasteiger partial charge < -0.3 is 0 Å². The molecule has 0 atom stereocenters. The van der Waals surface area contributed by atoms with Crippen molar-refractivity contribution in [2.45, 2.75) is 157 Å². The van der Waals surface area contributed by atoms with E-state index in [9.17, 15) is 0 Å². The van der Waals surface area contributed by atoms with E-state index in [4.69, 9.17) is 3.07 Å². The van der Waals surface area contributed by atoms with Gasteiger partial charge in [0.1, 0.15) is 0 Å². The summed E-state index contributed by atoms with van der Waals surface area (Å²) in [5, 5.41) is 0. The molecule has 170 valence electrons. The van der Waals surface area contributed by atoms with E-state index in [1.807, 2.05) is 0 Å². The predicted octanol–water partition coefficient (Wildman–Crippen LogP) is 10.0. The maximum atomic E-state index is 6.72. The van der Waals surface area contributed by atoms with Gasteiger partial charge in [-0.1, -0.05) is 0 Å². The Morgan fingerprint density at radius 2 is 0.679 bits per heavy atom. The summed E-state index contributed by atoms with van der Waals surface area (Å²) < 4.78 is 11.3. The molecule has 0 N–H and O–H groups in total. The number of hydrogen-bond donors (Lipinski definition) is 0. The van der Waals surface area contributed by atoms with Crippen molar-refractivity contribution in [2.24, 2.45) is 0 Å². The Labute approximate surface area is 184 Å². The standard InChI is InChI=1S/3C8H17.C2H5O.Sn/c3*1-3-5-7-8-6-4-2;1-2-3;/h3*1,3-8H2,2H3;2H2,1H3;/q;;;-1;+1. The maximum absolute atomic E-state index is 6.72. The summed E-state index contributed by atoms with van der Waals surface area (Å²) in [5.41, 5.74) is 0. The monoisotopic (exact) mass is 504 g/mol. The third kappa shape index (κ3) is 17.6. The van der Waals surface area contributed by atoms with Crippen LogP contribution in [0, 0.1) is 0 Å². The van der Waals surface area contributed by atoms with Crippen molar-refractivity contribution in [1.82, 2.24) is 0 Å². The fourth-order valence-electron chi connectivity index (χ4n) is 4.58. The first kappa shape index (κ1) is 28.8. The van der Waals surface area contributed by atoms with Gasteiger partial charge in [0.25, 0.3) is 0 Å². The van der Waals surface area contributed by atoms with Crippen LogP contribution in [0.1, 0.15) is 143 Å². The van der Waals surface area contributed by atoms with Gasteiger partial charge in [0.15, 0.2) is 0 Å². The first-order valence-electron chi connectivity index (χ1n) is 13.4. The Bertz CT molecular complexity index is 251. The predicted molar refractivity (Wildman–Crippen MR) is 132 cm³/mol. The van der Waals surface area contributed by atoms with Crippen LogP contribution in [0.3, 0.4) is 0 Å². The van der Waals surface area contributed by atoms with Crippen molar-refractivity contribution < 1.29 is 3.07 Å². The second kappa shape index (κ2) is 22.4. The van der Waals surface area contributed by atoms with Crippen LogP contribution in [0.5, 0.6) is 0 Å². The summed E-state index contributed by atoms with van der Waals surface area (Å²) in [5.74, 6) is 0. The zero-order chi connectivity index (χ0) is 20.8. The van der Waals surface area contributed by atoms with Crippen LogP contribution in [0.2, 0.25) is 13.3 Å². The zero-order valence-corrected chi connectivity index (χ0v) is 23.3. The molecule has 0 aromatic rings. The Balaban J connectivity index is 4.39. The van der Waals surface area contributed by atoms with Gasteiger partial charge in [-0.25, -0.2) is 0 Å². The quantitative estimate of drug-likeness (QED) is 0.0996. The summed E-state index contributed by atoms with van der Waals surface area (Å²) in [6.07, 6.45) is 25.8. The average molecular weight is 503 g/mol. The molecule has 0 aromatic carbocycles. The van der Waals surface area contributed by atoms with E-state index in [-0.39, 0.29) is 0 Å². The van der Waals surface area contributed by atoms with Crippen molar-refractivity contribution >= 4 is 18.8 Å². The van der Waals surface area contributed by atoms with Gasteiger partial charge in [-0.3, -0.25) is 0 Å². The molecule has 0 aromatic heterocycles. The first-order valence-corrected chi connectivity index (χ1v) is 20.6. The minimum absolute atomic E-state index is 0.984. The molecule has 0 amide bonds. The molecule has 0 bridgehead atoms. The molecule has 0 aliphatic heterocycles. The topological polar surface area (TPSA) is 9.23 Å². The molecule has 0 saturated heterocycles. The van der Waals surface area contributed by atoms with Crippen LogP contribution in [0.4, 0.5) is 0 Å². The summed E-state index contributed by atoms with van der Waals surface area (Å²) >= 11 is -2.37. The Hall–Kier alpha value is 0.759. The Kier molecular flexibility index (Phi) is 23.1. The van der Waals surface area contributed by atoms with Crippen molar-refractivity contribution in [2.75, 3.05) is 6.61 Å². The summed E-state index contributed by atoms with van der Waals surface area (Å²) in [7, 11) is 0. The second-order valence-electron chi connectivity index (χ2n) is 9.17. The van der Waals surface area contributed by atoms with Crippen LogP contribution in [0.25, 0.3) is 0 Å². The van der Waals surface area contributed by atoms with Gasteiger partial charge in [-0.05, 0) is 0 Å². The second-order valence-corrected chi connectivity index (χ2v) is 21.0. The molecule has 0 spiro atoms. The van der Waals surface area contributed by atoms with Gasteiger partial charge in [0, 0.05) is 0 Å². The molecule has 0 heterocycles. The molecular formula is C26H56OSn. The third-order valence-electron chi connectivity index (χ3n) is 6.41. The summed E-state index contributed by atoms with van der Waals surface area (Å²) in [6.45, 7) is 10.2. The van der Waals surface area contributed by atoms with Gasteiger partial charge in [-0.15, -0.1) is 0 Å². The van der Waals surface area contributed by atoms with E-state index >= 15 is 0 Å². The van der Waals surface area contributed by atoms with Crippen molar-refractivity contribution in [3.05, 3.63) is 0 Å². The zero-order valence-electron chi connectivity index (χ0n) is 20.5. The molecule has 2 heteroatoms. The van der Waals surface area contributed by atoms with Crippen LogP contribution in [-0.4, -0.2) is 25.4 Å². The Morgan fingerprint density at radius 3 is 0.964 bits per heavy atom. The number of unbranched alkanes of at least 4 members (excludes halogenated alkanes) is 15. The minimum atomic E-state index is -2.37. The van der Waals surface area contributed by atoms with E-state index < -0.39 is 18.8 Å². The molecular weight excluding hydrogens is 447 g/mol. The van der Waals surface area contributed by atoms with E-state index in [1.165, 1.54) is 129 Å². The Morgan fingerprint density at radius 1 is 0.393 bits per heavy atom. The van der Waals surface area contributed by atoms with Crippen LogP contribution in [-0.2, 0) is 3.07 Å². The van der Waals surface area contributed by atoms with Gasteiger partial charge in [-0.2, -0.15) is 0 Å². The average Bonchev–Trinajstić information content (AvgIpc) is 2.70. The van der Waals surface area contributed by atoms with E-state index in [0.29, 0.717) is 0 Å². The molecule has 1 nitrogen and oxygen atoms in total. The number of hydrogen-bond acceptors (Lipinski definition) is 1. The first-order chi connectivity index (χ1) is 13.7. The molecule has 0 rings (SSSR count). The normalized spacial score (nSPS) is 12.0. The molecule has 28 heavy (non-hydrogen) atoms. The molecule has 0 radical (unpaired) electrons. The fraction of sp³-hybridized carbons (Fsp3) is 1.00. The molecule has 0 saturated carbocycles.